The fourth-order valence-electron chi connectivity index (χ4n) is 1.68. The van der Waals surface area contributed by atoms with Crippen LogP contribution in [-0.2, 0) is 14.1 Å². The van der Waals surface area contributed by atoms with Crippen molar-refractivity contribution in [2.75, 3.05) is 13.2 Å². The lowest BCUT2D eigenvalue weighted by molar-refractivity contribution is -0.145. The first-order valence-electron chi connectivity index (χ1n) is 6.39. The summed E-state index contributed by atoms with van der Waals surface area (Å²) in [5.41, 5.74) is 0. The summed E-state index contributed by atoms with van der Waals surface area (Å²) in [6, 6.07) is 7.12. The van der Waals surface area contributed by atoms with Crippen molar-refractivity contribution in [2.24, 2.45) is 0 Å². The topological polar surface area (TPSA) is 52.6 Å². The third-order valence-corrected chi connectivity index (χ3v) is 5.03. The second-order valence-corrected chi connectivity index (χ2v) is 7.05. The van der Waals surface area contributed by atoms with Crippen LogP contribution in [-0.4, -0.2) is 24.3 Å². The molecule has 1 rings (SSSR count). The van der Waals surface area contributed by atoms with E-state index in [0.717, 1.165) is 0 Å². The Labute approximate surface area is 114 Å². The van der Waals surface area contributed by atoms with Crippen molar-refractivity contribution in [1.82, 2.24) is 0 Å². The van der Waals surface area contributed by atoms with Gasteiger partial charge in [0.05, 0.1) is 18.5 Å². The zero-order chi connectivity index (χ0) is 14.5. The van der Waals surface area contributed by atoms with Crippen molar-refractivity contribution in [3.63, 3.8) is 0 Å². The summed E-state index contributed by atoms with van der Waals surface area (Å²) < 4.78 is 23.1. The summed E-state index contributed by atoms with van der Waals surface area (Å²) in [4.78, 5) is 11.9. The number of carbonyl (C=O) groups is 1. The number of para-hydroxylation sites is 1. The fourth-order valence-corrected chi connectivity index (χ4v) is 3.23. The first-order chi connectivity index (χ1) is 8.95. The van der Waals surface area contributed by atoms with Crippen LogP contribution in [0.15, 0.2) is 24.3 Å². The van der Waals surface area contributed by atoms with E-state index in [0.29, 0.717) is 17.7 Å². The highest BCUT2D eigenvalue weighted by atomic mass is 31.1. The van der Waals surface area contributed by atoms with Gasteiger partial charge in [-0.2, -0.15) is 0 Å². The van der Waals surface area contributed by atoms with E-state index in [1.807, 2.05) is 13.0 Å². The second kappa shape index (κ2) is 6.76. The van der Waals surface area contributed by atoms with E-state index < -0.39 is 18.9 Å². The van der Waals surface area contributed by atoms with Gasteiger partial charge in [-0.3, -0.25) is 4.79 Å². The SMILES string of the molecule is CCOC(=O)C(C)(C)[PH](=O)c1ccccc1OCC. The predicted molar refractivity (Wildman–Crippen MR) is 77.0 cm³/mol. The molecule has 0 heterocycles. The predicted octanol–water partition coefficient (Wildman–Crippen LogP) is 2.61. The van der Waals surface area contributed by atoms with Crippen LogP contribution in [0.5, 0.6) is 5.75 Å². The summed E-state index contributed by atoms with van der Waals surface area (Å²) >= 11 is 0. The number of benzene rings is 1. The van der Waals surface area contributed by atoms with Gasteiger partial charge < -0.3 is 14.0 Å². The number of esters is 1. The molecule has 0 aliphatic carbocycles. The van der Waals surface area contributed by atoms with E-state index in [1.54, 1.807) is 39.0 Å². The van der Waals surface area contributed by atoms with E-state index in [2.05, 4.69) is 0 Å². The molecule has 0 amide bonds. The molecule has 19 heavy (non-hydrogen) atoms. The number of carbonyl (C=O) groups excluding carboxylic acids is 1. The van der Waals surface area contributed by atoms with Crippen LogP contribution in [0.2, 0.25) is 0 Å². The Morgan fingerprint density at radius 2 is 1.84 bits per heavy atom. The smallest absolute Gasteiger partial charge is 0.319 e. The molecular formula is C14H21O4P. The maximum Gasteiger partial charge on any atom is 0.319 e. The van der Waals surface area contributed by atoms with Crippen LogP contribution in [0.1, 0.15) is 27.7 Å². The van der Waals surface area contributed by atoms with Gasteiger partial charge in [0, 0.05) is 0 Å². The first kappa shape index (κ1) is 15.8. The molecule has 1 unspecified atom stereocenters. The van der Waals surface area contributed by atoms with E-state index in [-0.39, 0.29) is 6.61 Å². The second-order valence-electron chi connectivity index (χ2n) is 4.60. The van der Waals surface area contributed by atoms with Crippen molar-refractivity contribution < 1.29 is 18.8 Å². The highest BCUT2D eigenvalue weighted by molar-refractivity contribution is 7.56. The summed E-state index contributed by atoms with van der Waals surface area (Å²) in [5, 5.41) is -0.444. The zero-order valence-electron chi connectivity index (χ0n) is 11.9. The highest BCUT2D eigenvalue weighted by Crippen LogP contribution is 2.41. The van der Waals surface area contributed by atoms with E-state index >= 15 is 0 Å². The molecule has 0 aromatic heterocycles. The van der Waals surface area contributed by atoms with Crippen LogP contribution in [0, 0.1) is 0 Å². The van der Waals surface area contributed by atoms with E-state index in [1.165, 1.54) is 0 Å². The molecule has 1 atom stereocenters. The fraction of sp³-hybridized carbons (Fsp3) is 0.500. The molecule has 1 aromatic rings. The molecule has 5 heteroatoms. The lowest BCUT2D eigenvalue weighted by atomic mass is 10.2. The minimum absolute atomic E-state index is 0.282. The average Bonchev–Trinajstić information content (AvgIpc) is 2.39. The van der Waals surface area contributed by atoms with Gasteiger partial charge in [0.1, 0.15) is 18.7 Å². The number of hydrogen-bond acceptors (Lipinski definition) is 4. The number of ether oxygens (including phenoxy) is 2. The van der Waals surface area contributed by atoms with Crippen molar-refractivity contribution in [1.29, 1.82) is 0 Å². The Morgan fingerprint density at radius 3 is 2.42 bits per heavy atom. The third kappa shape index (κ3) is 3.60. The minimum Gasteiger partial charge on any atom is -0.493 e. The Morgan fingerprint density at radius 1 is 1.21 bits per heavy atom. The standard InChI is InChI=1S/C14H21O4P/c1-5-17-11-9-7-8-10-12(11)19(16)14(3,4)13(15)18-6-2/h7-10,19H,5-6H2,1-4H3. The van der Waals surface area contributed by atoms with Gasteiger partial charge >= 0.3 is 5.97 Å². The molecule has 0 saturated heterocycles. The van der Waals surface area contributed by atoms with Gasteiger partial charge in [0.25, 0.3) is 0 Å². The molecule has 0 fully saturated rings. The molecule has 0 radical (unpaired) electrons. The molecule has 1 aromatic carbocycles. The molecular weight excluding hydrogens is 263 g/mol. The Kier molecular flexibility index (Phi) is 5.61. The molecule has 0 aliphatic rings. The summed E-state index contributed by atoms with van der Waals surface area (Å²) in [7, 11) is -2.37. The zero-order valence-corrected chi connectivity index (χ0v) is 12.9. The maximum absolute atomic E-state index is 12.7. The van der Waals surface area contributed by atoms with E-state index in [4.69, 9.17) is 9.47 Å². The van der Waals surface area contributed by atoms with Crippen LogP contribution in [0.25, 0.3) is 0 Å². The molecule has 0 bridgehead atoms. The average molecular weight is 284 g/mol. The molecule has 106 valence electrons. The summed E-state index contributed by atoms with van der Waals surface area (Å²) in [6.07, 6.45) is 0. The van der Waals surface area contributed by atoms with Gasteiger partial charge in [0.15, 0.2) is 0 Å². The van der Waals surface area contributed by atoms with Gasteiger partial charge in [-0.15, -0.1) is 0 Å². The summed E-state index contributed by atoms with van der Waals surface area (Å²) in [6.45, 7) is 7.67. The molecule has 0 N–H and O–H groups in total. The third-order valence-electron chi connectivity index (χ3n) is 2.78. The van der Waals surface area contributed by atoms with Crippen molar-refractivity contribution in [3.05, 3.63) is 24.3 Å². The van der Waals surface area contributed by atoms with Crippen molar-refractivity contribution in [2.45, 2.75) is 32.9 Å². The van der Waals surface area contributed by atoms with E-state index in [9.17, 15) is 9.36 Å². The van der Waals surface area contributed by atoms with Gasteiger partial charge in [-0.25, -0.2) is 0 Å². The van der Waals surface area contributed by atoms with Gasteiger partial charge in [-0.1, -0.05) is 12.1 Å². The normalized spacial score (nSPS) is 12.8. The van der Waals surface area contributed by atoms with Crippen molar-refractivity contribution in [3.8, 4) is 5.75 Å². The number of hydrogen-bond donors (Lipinski definition) is 0. The maximum atomic E-state index is 12.7. The molecule has 0 saturated carbocycles. The van der Waals surface area contributed by atoms with Gasteiger partial charge in [0.2, 0.25) is 0 Å². The van der Waals surface area contributed by atoms with Crippen molar-refractivity contribution >= 4 is 19.1 Å². The Hall–Kier alpha value is -1.28. The minimum atomic E-state index is -2.37. The summed E-state index contributed by atoms with van der Waals surface area (Å²) in [5.74, 6) is 0.136. The molecule has 0 aliphatic heterocycles. The lowest BCUT2D eigenvalue weighted by Crippen LogP contribution is -2.32. The van der Waals surface area contributed by atoms with Crippen LogP contribution < -0.4 is 10.0 Å². The monoisotopic (exact) mass is 284 g/mol. The number of rotatable bonds is 6. The Bertz CT molecular complexity index is 468. The van der Waals surface area contributed by atoms with Crippen LogP contribution in [0.3, 0.4) is 0 Å². The molecule has 4 nitrogen and oxygen atoms in total. The molecule has 0 spiro atoms. The Balaban J connectivity index is 3.09. The lowest BCUT2D eigenvalue weighted by Gasteiger charge is -2.23. The van der Waals surface area contributed by atoms with Crippen LogP contribution >= 0.6 is 7.80 Å². The van der Waals surface area contributed by atoms with Crippen LogP contribution in [0.4, 0.5) is 0 Å². The largest absolute Gasteiger partial charge is 0.493 e. The highest BCUT2D eigenvalue weighted by Gasteiger charge is 2.37. The van der Waals surface area contributed by atoms with Gasteiger partial charge in [-0.05, 0) is 39.8 Å². The quantitative estimate of drug-likeness (QED) is 0.595. The first-order valence-corrected chi connectivity index (χ1v) is 7.79.